The molecule has 0 aliphatic carbocycles. The molecule has 1 aromatic heterocycles. The number of carboxylic acids is 2. The van der Waals surface area contributed by atoms with Crippen LogP contribution in [0.2, 0.25) is 0 Å². The van der Waals surface area contributed by atoms with Gasteiger partial charge in [-0.2, -0.15) is 0 Å². The normalized spacial score (nSPS) is 10.7. The molecule has 0 spiro atoms. The minimum Gasteiger partial charge on any atom is -0.481 e. The molecule has 0 atom stereocenters. The van der Waals surface area contributed by atoms with Gasteiger partial charge in [0.05, 0.1) is 10.6 Å². The lowest BCUT2D eigenvalue weighted by Gasteiger charge is -2.04. The van der Waals surface area contributed by atoms with Gasteiger partial charge in [-0.1, -0.05) is 59.8 Å². The van der Waals surface area contributed by atoms with Crippen molar-refractivity contribution in [2.75, 3.05) is 5.75 Å². The Morgan fingerprint density at radius 3 is 2.13 bits per heavy atom. The Morgan fingerprint density at radius 1 is 1.03 bits per heavy atom. The van der Waals surface area contributed by atoms with Crippen molar-refractivity contribution in [2.24, 2.45) is 0 Å². The second-order valence-corrected chi connectivity index (χ2v) is 8.95. The molecule has 0 amide bonds. The number of aliphatic carboxylic acids is 2. The largest absolute Gasteiger partial charge is 0.481 e. The van der Waals surface area contributed by atoms with Crippen LogP contribution < -0.4 is 0 Å². The number of carboxylic acid groups (broad SMARTS) is 2. The smallest absolute Gasteiger partial charge is 0.313 e. The number of aromatic nitrogens is 2. The molecular weight excluding hydrogens is 428 g/mol. The second kappa shape index (κ2) is 10.1. The highest BCUT2D eigenvalue weighted by atomic mass is 32.2. The number of carbonyl (C=O) groups is 2. The summed E-state index contributed by atoms with van der Waals surface area (Å²) in [6, 6.07) is 15.4. The van der Waals surface area contributed by atoms with E-state index in [4.69, 9.17) is 15.0 Å². The van der Waals surface area contributed by atoms with Gasteiger partial charge in [-0.15, -0.1) is 0 Å². The van der Waals surface area contributed by atoms with Crippen LogP contribution >= 0.6 is 11.8 Å². The zero-order valence-corrected chi connectivity index (χ0v) is 17.8. The summed E-state index contributed by atoms with van der Waals surface area (Å²) in [6.07, 6.45) is 0. The summed E-state index contributed by atoms with van der Waals surface area (Å²) in [5.41, 5.74) is 1.79. The number of H-pyrrole nitrogens is 1. The van der Waals surface area contributed by atoms with Crippen LogP contribution in [0.4, 0.5) is 0 Å². The predicted octanol–water partition coefficient (Wildman–Crippen LogP) is 3.49. The van der Waals surface area contributed by atoms with Gasteiger partial charge < -0.3 is 15.2 Å². The monoisotopic (exact) mass is 448 g/mol. The van der Waals surface area contributed by atoms with E-state index in [0.717, 1.165) is 29.8 Å². The van der Waals surface area contributed by atoms with Gasteiger partial charge in [-0.05, 0) is 19.1 Å². The van der Waals surface area contributed by atoms with Crippen molar-refractivity contribution in [1.29, 1.82) is 0 Å². The number of benzene rings is 2. The molecule has 158 valence electrons. The fraction of sp³-hybridized carbons (Fsp3) is 0.150. The molecule has 30 heavy (non-hydrogen) atoms. The fourth-order valence-electron chi connectivity index (χ4n) is 2.32. The number of aryl methyl sites for hydroxylation is 1. The molecule has 10 heteroatoms. The standard InChI is InChI=1S/C18H16N2O4S2.C2H4O2/c1-12-7-9-13(10-8-12)16-19-17(25-11-15(21)22)18(20-16)26(23,24)14-5-3-2-4-6-14;1-2(3)4/h2-10H,11H2,1H3,(H,19,20)(H,21,22);1H3,(H,3,4). The molecule has 0 aliphatic heterocycles. The minimum atomic E-state index is -3.84. The number of hydrogen-bond acceptors (Lipinski definition) is 6. The predicted molar refractivity (Wildman–Crippen MR) is 112 cm³/mol. The van der Waals surface area contributed by atoms with E-state index < -0.39 is 21.8 Å². The third kappa shape index (κ3) is 6.19. The van der Waals surface area contributed by atoms with Crippen molar-refractivity contribution in [3.05, 3.63) is 60.2 Å². The molecule has 8 nitrogen and oxygen atoms in total. The SMILES string of the molecule is CC(=O)O.Cc1ccc(-c2nc(SCC(=O)O)c(S(=O)(=O)c3ccccc3)[nH]2)cc1. The van der Waals surface area contributed by atoms with Crippen LogP contribution in [0.3, 0.4) is 0 Å². The Morgan fingerprint density at radius 2 is 1.60 bits per heavy atom. The summed E-state index contributed by atoms with van der Waals surface area (Å²) >= 11 is 0.874. The van der Waals surface area contributed by atoms with Gasteiger partial charge in [0.1, 0.15) is 10.9 Å². The summed E-state index contributed by atoms with van der Waals surface area (Å²) in [5, 5.41) is 16.4. The van der Waals surface area contributed by atoms with Crippen molar-refractivity contribution in [3.63, 3.8) is 0 Å². The molecule has 3 N–H and O–H groups in total. The lowest BCUT2D eigenvalue weighted by atomic mass is 10.1. The molecule has 0 saturated heterocycles. The van der Waals surface area contributed by atoms with E-state index in [-0.39, 0.29) is 20.7 Å². The first kappa shape index (κ1) is 23.2. The fourth-order valence-corrected chi connectivity index (χ4v) is 4.68. The van der Waals surface area contributed by atoms with E-state index in [1.54, 1.807) is 18.2 Å². The molecule has 0 fully saturated rings. The second-order valence-electron chi connectivity index (χ2n) is 6.10. The lowest BCUT2D eigenvalue weighted by molar-refractivity contribution is -0.135. The topological polar surface area (TPSA) is 137 Å². The van der Waals surface area contributed by atoms with Gasteiger partial charge in [0, 0.05) is 12.5 Å². The molecule has 0 saturated carbocycles. The van der Waals surface area contributed by atoms with Crippen LogP contribution in [0.15, 0.2) is 69.5 Å². The quantitative estimate of drug-likeness (QED) is 0.487. The van der Waals surface area contributed by atoms with E-state index in [1.807, 2.05) is 31.2 Å². The Labute approximate surface area is 177 Å². The van der Waals surface area contributed by atoms with Gasteiger partial charge >= 0.3 is 5.97 Å². The third-order valence-corrected chi connectivity index (χ3v) is 6.43. The number of sulfone groups is 1. The van der Waals surface area contributed by atoms with Crippen LogP contribution in [-0.4, -0.2) is 46.3 Å². The van der Waals surface area contributed by atoms with Crippen molar-refractivity contribution < 1.29 is 28.2 Å². The number of nitrogens with zero attached hydrogens (tertiary/aromatic N) is 1. The van der Waals surface area contributed by atoms with Crippen molar-refractivity contribution in [3.8, 4) is 11.4 Å². The summed E-state index contributed by atoms with van der Waals surface area (Å²) < 4.78 is 25.9. The Bertz CT molecular complexity index is 1120. The zero-order valence-electron chi connectivity index (χ0n) is 16.2. The first-order chi connectivity index (χ1) is 14.1. The average molecular weight is 449 g/mol. The van der Waals surface area contributed by atoms with E-state index in [2.05, 4.69) is 9.97 Å². The van der Waals surface area contributed by atoms with Gasteiger partial charge in [-0.3, -0.25) is 9.59 Å². The first-order valence-corrected chi connectivity index (χ1v) is 11.1. The van der Waals surface area contributed by atoms with E-state index in [1.165, 1.54) is 12.1 Å². The minimum absolute atomic E-state index is 0.0921. The summed E-state index contributed by atoms with van der Waals surface area (Å²) in [6.45, 7) is 3.03. The van der Waals surface area contributed by atoms with Crippen LogP contribution in [-0.2, 0) is 19.4 Å². The van der Waals surface area contributed by atoms with Crippen LogP contribution in [0.1, 0.15) is 12.5 Å². The number of imidazole rings is 1. The van der Waals surface area contributed by atoms with Crippen LogP contribution in [0, 0.1) is 6.92 Å². The highest BCUT2D eigenvalue weighted by Crippen LogP contribution is 2.32. The van der Waals surface area contributed by atoms with Gasteiger partial charge in [0.2, 0.25) is 9.84 Å². The average Bonchev–Trinajstić information content (AvgIpc) is 3.12. The van der Waals surface area contributed by atoms with Crippen LogP contribution in [0.5, 0.6) is 0 Å². The Kier molecular flexibility index (Phi) is 7.79. The number of hydrogen-bond donors (Lipinski definition) is 3. The molecule has 0 unspecified atom stereocenters. The van der Waals surface area contributed by atoms with E-state index >= 15 is 0 Å². The molecule has 1 heterocycles. The molecule has 0 aliphatic rings. The number of rotatable bonds is 6. The number of nitrogens with one attached hydrogen (secondary N) is 1. The first-order valence-electron chi connectivity index (χ1n) is 8.62. The summed E-state index contributed by atoms with van der Waals surface area (Å²) in [5.74, 6) is -1.78. The van der Waals surface area contributed by atoms with Crippen molar-refractivity contribution in [2.45, 2.75) is 28.8 Å². The molecule has 3 rings (SSSR count). The summed E-state index contributed by atoms with van der Waals surface area (Å²) in [4.78, 5) is 27.2. The Balaban J connectivity index is 0.000000735. The van der Waals surface area contributed by atoms with Crippen molar-refractivity contribution in [1.82, 2.24) is 9.97 Å². The molecule has 0 bridgehead atoms. The highest BCUT2D eigenvalue weighted by molar-refractivity contribution is 8.00. The number of aromatic amines is 1. The van der Waals surface area contributed by atoms with E-state index in [0.29, 0.717) is 5.82 Å². The molecular formula is C20H20N2O6S2. The zero-order chi connectivity index (χ0) is 22.3. The Hall–Kier alpha value is -3.11. The molecule has 0 radical (unpaired) electrons. The highest BCUT2D eigenvalue weighted by Gasteiger charge is 2.26. The number of thioether (sulfide) groups is 1. The van der Waals surface area contributed by atoms with E-state index in [9.17, 15) is 13.2 Å². The van der Waals surface area contributed by atoms with Gasteiger partial charge in [0.15, 0.2) is 5.03 Å². The third-order valence-electron chi connectivity index (χ3n) is 3.62. The van der Waals surface area contributed by atoms with Gasteiger partial charge in [0.25, 0.3) is 5.97 Å². The van der Waals surface area contributed by atoms with Crippen LogP contribution in [0.25, 0.3) is 11.4 Å². The maximum atomic E-state index is 13.0. The van der Waals surface area contributed by atoms with Gasteiger partial charge in [-0.25, -0.2) is 13.4 Å². The molecule has 2 aromatic carbocycles. The maximum Gasteiger partial charge on any atom is 0.313 e. The molecule has 3 aromatic rings. The lowest BCUT2D eigenvalue weighted by Crippen LogP contribution is -2.05. The maximum absolute atomic E-state index is 13.0. The summed E-state index contributed by atoms with van der Waals surface area (Å²) in [7, 11) is -3.84. The van der Waals surface area contributed by atoms with Crippen molar-refractivity contribution >= 4 is 33.5 Å².